The van der Waals surface area contributed by atoms with Crippen molar-refractivity contribution in [2.75, 3.05) is 0 Å². The van der Waals surface area contributed by atoms with Crippen molar-refractivity contribution >= 4 is 0 Å². The van der Waals surface area contributed by atoms with Gasteiger partial charge in [0.2, 0.25) is 0 Å². The topological polar surface area (TPSA) is 36.7 Å². The molecular formula is C25H15F3N2. The van der Waals surface area contributed by atoms with Crippen LogP contribution < -0.4 is 0 Å². The fourth-order valence-corrected chi connectivity index (χ4v) is 3.85. The second-order valence-corrected chi connectivity index (χ2v) is 6.82. The molecule has 0 radical (unpaired) electrons. The van der Waals surface area contributed by atoms with Crippen molar-refractivity contribution in [3.63, 3.8) is 0 Å². The average Bonchev–Trinajstić information content (AvgIpc) is 2.75. The maximum atomic E-state index is 14.3. The Morgan fingerprint density at radius 2 is 1.10 bits per heavy atom. The largest absolute Gasteiger partial charge is 0.245 e. The monoisotopic (exact) mass is 400 g/mol. The van der Waals surface area contributed by atoms with Crippen LogP contribution in [0.25, 0.3) is 0 Å². The van der Waals surface area contributed by atoms with E-state index in [-0.39, 0.29) is 5.69 Å². The van der Waals surface area contributed by atoms with Crippen molar-refractivity contribution in [3.05, 3.63) is 137 Å². The van der Waals surface area contributed by atoms with Gasteiger partial charge in [0.05, 0.1) is 5.41 Å². The Morgan fingerprint density at radius 3 is 1.43 bits per heavy atom. The van der Waals surface area contributed by atoms with E-state index < -0.39 is 22.9 Å². The highest BCUT2D eigenvalue weighted by Crippen LogP contribution is 2.45. The van der Waals surface area contributed by atoms with Crippen LogP contribution in [-0.2, 0) is 5.41 Å². The Labute approximate surface area is 171 Å². The van der Waals surface area contributed by atoms with Gasteiger partial charge < -0.3 is 0 Å². The lowest BCUT2D eigenvalue weighted by Gasteiger charge is -2.36. The molecule has 0 N–H and O–H groups in total. The van der Waals surface area contributed by atoms with Crippen molar-refractivity contribution in [2.45, 2.75) is 5.41 Å². The average molecular weight is 400 g/mol. The molecule has 5 heteroatoms. The van der Waals surface area contributed by atoms with Gasteiger partial charge >= 0.3 is 0 Å². The maximum Gasteiger partial charge on any atom is 0.140 e. The van der Waals surface area contributed by atoms with Crippen LogP contribution in [0, 0.1) is 28.8 Å². The Bertz CT molecular complexity index is 1130. The quantitative estimate of drug-likeness (QED) is 0.409. The molecule has 4 rings (SSSR count). The van der Waals surface area contributed by atoms with Gasteiger partial charge in [-0.2, -0.15) is 5.26 Å². The molecule has 0 aliphatic heterocycles. The van der Waals surface area contributed by atoms with E-state index in [4.69, 9.17) is 5.26 Å². The van der Waals surface area contributed by atoms with E-state index in [1.807, 2.05) is 6.07 Å². The number of hydrogen-bond donors (Lipinski definition) is 0. The van der Waals surface area contributed by atoms with Crippen LogP contribution in [-0.4, -0.2) is 4.98 Å². The third-order valence-electron chi connectivity index (χ3n) is 5.08. The number of nitriles is 1. The minimum atomic E-state index is -1.26. The van der Waals surface area contributed by atoms with Crippen LogP contribution in [0.1, 0.15) is 27.9 Å². The standard InChI is InChI=1S/C25H15F3N2/c26-21-7-1-4-17(12-21)25(18-5-2-8-22(27)13-18,19-6-3-9-23(28)14-19)20-10-11-24(15-29)30-16-20/h1-14,16H. The Balaban J connectivity index is 2.16. The number of hydrogen-bond acceptors (Lipinski definition) is 2. The summed E-state index contributed by atoms with van der Waals surface area (Å²) in [4.78, 5) is 4.16. The van der Waals surface area contributed by atoms with E-state index in [2.05, 4.69) is 4.98 Å². The first kappa shape index (κ1) is 19.4. The normalized spacial score (nSPS) is 11.1. The molecular weight excluding hydrogens is 385 g/mol. The molecule has 0 atom stereocenters. The lowest BCUT2D eigenvalue weighted by molar-refractivity contribution is 0.605. The predicted molar refractivity (Wildman–Crippen MR) is 107 cm³/mol. The van der Waals surface area contributed by atoms with Crippen LogP contribution in [0.3, 0.4) is 0 Å². The molecule has 0 saturated heterocycles. The summed E-state index contributed by atoms with van der Waals surface area (Å²) in [6.07, 6.45) is 1.49. The first-order valence-corrected chi connectivity index (χ1v) is 9.19. The van der Waals surface area contributed by atoms with Gasteiger partial charge in [-0.15, -0.1) is 0 Å². The van der Waals surface area contributed by atoms with Gasteiger partial charge in [0, 0.05) is 6.20 Å². The van der Waals surface area contributed by atoms with E-state index in [1.165, 1.54) is 48.7 Å². The van der Waals surface area contributed by atoms with Crippen molar-refractivity contribution in [3.8, 4) is 6.07 Å². The van der Waals surface area contributed by atoms with E-state index in [0.29, 0.717) is 22.3 Å². The van der Waals surface area contributed by atoms with E-state index in [0.717, 1.165) is 0 Å². The molecule has 4 aromatic rings. The molecule has 0 amide bonds. The summed E-state index contributed by atoms with van der Waals surface area (Å²) in [5.74, 6) is -1.44. The predicted octanol–water partition coefficient (Wildman–Crippen LogP) is 5.75. The van der Waals surface area contributed by atoms with Gasteiger partial charge in [-0.05, 0) is 64.7 Å². The molecule has 0 unspecified atom stereocenters. The molecule has 0 aliphatic rings. The zero-order valence-electron chi connectivity index (χ0n) is 15.7. The summed E-state index contributed by atoms with van der Waals surface area (Å²) >= 11 is 0. The van der Waals surface area contributed by atoms with Crippen LogP contribution in [0.2, 0.25) is 0 Å². The second kappa shape index (κ2) is 7.84. The second-order valence-electron chi connectivity index (χ2n) is 6.82. The van der Waals surface area contributed by atoms with Gasteiger partial charge in [-0.1, -0.05) is 42.5 Å². The molecule has 3 aromatic carbocycles. The number of halogens is 3. The molecule has 0 saturated carbocycles. The SMILES string of the molecule is N#Cc1ccc(C(c2cccc(F)c2)(c2cccc(F)c2)c2cccc(F)c2)cn1. The summed E-state index contributed by atoms with van der Waals surface area (Å²) in [7, 11) is 0. The first-order chi connectivity index (χ1) is 14.5. The number of aromatic nitrogens is 1. The molecule has 146 valence electrons. The summed E-state index contributed by atoms with van der Waals surface area (Å²) in [5, 5.41) is 9.13. The zero-order chi connectivity index (χ0) is 21.1. The minimum Gasteiger partial charge on any atom is -0.245 e. The molecule has 0 fully saturated rings. The van der Waals surface area contributed by atoms with Crippen LogP contribution in [0.5, 0.6) is 0 Å². The van der Waals surface area contributed by atoms with Gasteiger partial charge in [0.25, 0.3) is 0 Å². The highest BCUT2D eigenvalue weighted by molar-refractivity contribution is 5.59. The fourth-order valence-electron chi connectivity index (χ4n) is 3.85. The van der Waals surface area contributed by atoms with Gasteiger partial charge in [0.15, 0.2) is 0 Å². The summed E-state index contributed by atoms with van der Waals surface area (Å²) in [5.41, 5.74) is 0.919. The van der Waals surface area contributed by atoms with Gasteiger partial charge in [0.1, 0.15) is 29.2 Å². The zero-order valence-corrected chi connectivity index (χ0v) is 15.7. The summed E-state index contributed by atoms with van der Waals surface area (Å²) in [6, 6.07) is 22.9. The highest BCUT2D eigenvalue weighted by atomic mass is 19.1. The van der Waals surface area contributed by atoms with Gasteiger partial charge in [-0.3, -0.25) is 0 Å². The minimum absolute atomic E-state index is 0.199. The Hall–Kier alpha value is -3.91. The number of benzene rings is 3. The molecule has 1 heterocycles. The smallest absolute Gasteiger partial charge is 0.140 e. The third-order valence-corrected chi connectivity index (χ3v) is 5.08. The molecule has 0 spiro atoms. The van der Waals surface area contributed by atoms with E-state index >= 15 is 0 Å². The van der Waals surface area contributed by atoms with Crippen LogP contribution >= 0.6 is 0 Å². The van der Waals surface area contributed by atoms with Gasteiger partial charge in [-0.25, -0.2) is 18.2 Å². The molecule has 2 nitrogen and oxygen atoms in total. The molecule has 30 heavy (non-hydrogen) atoms. The van der Waals surface area contributed by atoms with Crippen molar-refractivity contribution < 1.29 is 13.2 Å². The van der Waals surface area contributed by atoms with Crippen molar-refractivity contribution in [1.29, 1.82) is 5.26 Å². The van der Waals surface area contributed by atoms with E-state index in [1.54, 1.807) is 42.5 Å². The lowest BCUT2D eigenvalue weighted by atomic mass is 9.65. The van der Waals surface area contributed by atoms with E-state index in [9.17, 15) is 13.2 Å². The fraction of sp³-hybridized carbons (Fsp3) is 0.0400. The van der Waals surface area contributed by atoms with Crippen LogP contribution in [0.4, 0.5) is 13.2 Å². The third kappa shape index (κ3) is 3.33. The number of nitrogens with zero attached hydrogens (tertiary/aromatic N) is 2. The van der Waals surface area contributed by atoms with Crippen molar-refractivity contribution in [2.24, 2.45) is 0 Å². The number of pyridine rings is 1. The summed E-state index contributed by atoms with van der Waals surface area (Å²) in [6.45, 7) is 0. The van der Waals surface area contributed by atoms with Crippen molar-refractivity contribution in [1.82, 2.24) is 4.98 Å². The first-order valence-electron chi connectivity index (χ1n) is 9.19. The Morgan fingerprint density at radius 1 is 0.633 bits per heavy atom. The molecule has 0 bridgehead atoms. The Kier molecular flexibility index (Phi) is 5.07. The van der Waals surface area contributed by atoms with Crippen LogP contribution in [0.15, 0.2) is 91.1 Å². The maximum absolute atomic E-state index is 14.3. The summed E-state index contributed by atoms with van der Waals surface area (Å²) < 4.78 is 42.9. The highest BCUT2D eigenvalue weighted by Gasteiger charge is 2.39. The molecule has 0 aliphatic carbocycles. The number of rotatable bonds is 4. The molecule has 1 aromatic heterocycles. The lowest BCUT2D eigenvalue weighted by Crippen LogP contribution is -2.31.